The average Bonchev–Trinajstić information content (AvgIpc) is 2.84. The summed E-state index contributed by atoms with van der Waals surface area (Å²) in [6.07, 6.45) is 7.91. The number of ether oxygens (including phenoxy) is 2. The Morgan fingerprint density at radius 1 is 0.725 bits per heavy atom. The summed E-state index contributed by atoms with van der Waals surface area (Å²) >= 11 is 0. The van der Waals surface area contributed by atoms with E-state index in [0.717, 1.165) is 69.9 Å². The van der Waals surface area contributed by atoms with Crippen LogP contribution in [0, 0.1) is 35.5 Å². The summed E-state index contributed by atoms with van der Waals surface area (Å²) < 4.78 is 10.5. The Hall–Kier alpha value is -0.530. The molecule has 0 spiro atoms. The molecule has 2 aliphatic heterocycles. The minimum absolute atomic E-state index is 0.0538. The molecule has 3 aliphatic rings. The minimum atomic E-state index is 0.0538. The standard InChI is InChI=1S/C11H23N.C9H17NO.C8H17NO.C6H15N/c1-8(2)11(12)6-9(3)5-10(4)7-11;1-8(2)9(10-3)4-6-11-7-5-9;1-7(2)8(9)3-5-10-6-4-8;1-6(2)5-7(3)4/h8-10H,5-7,12H2,1-4H3;8H,3-7H2,1-2H3;7H,3-6,9H2,1-2H3;6H,5H2,1-4H3. The van der Waals surface area contributed by atoms with Gasteiger partial charge in [-0.2, -0.15) is 0 Å². The van der Waals surface area contributed by atoms with E-state index < -0.39 is 0 Å². The van der Waals surface area contributed by atoms with Crippen LogP contribution >= 0.6 is 0 Å². The Labute approximate surface area is 250 Å². The van der Waals surface area contributed by atoms with Gasteiger partial charge in [-0.15, -0.1) is 0 Å². The fourth-order valence-corrected chi connectivity index (χ4v) is 6.41. The van der Waals surface area contributed by atoms with Gasteiger partial charge in [0.05, 0.1) is 5.54 Å². The zero-order valence-electron chi connectivity index (χ0n) is 29.0. The van der Waals surface area contributed by atoms with E-state index in [4.69, 9.17) is 20.9 Å². The van der Waals surface area contributed by atoms with Crippen molar-refractivity contribution in [1.29, 1.82) is 0 Å². The van der Waals surface area contributed by atoms with Gasteiger partial charge >= 0.3 is 0 Å². The lowest BCUT2D eigenvalue weighted by Gasteiger charge is -2.43. The third-order valence-corrected chi connectivity index (χ3v) is 9.46. The van der Waals surface area contributed by atoms with Gasteiger partial charge in [-0.05, 0) is 108 Å². The van der Waals surface area contributed by atoms with Crippen molar-refractivity contribution in [2.24, 2.45) is 52.0 Å². The van der Waals surface area contributed by atoms with E-state index >= 15 is 0 Å². The maximum absolute atomic E-state index is 6.38. The van der Waals surface area contributed by atoms with E-state index in [1.54, 1.807) is 0 Å². The number of hydrogen-bond acceptors (Lipinski definition) is 6. The van der Waals surface area contributed by atoms with Crippen molar-refractivity contribution in [2.45, 2.75) is 131 Å². The summed E-state index contributed by atoms with van der Waals surface area (Å²) in [5.41, 5.74) is 12.8. The van der Waals surface area contributed by atoms with Gasteiger partial charge in [0.15, 0.2) is 0 Å². The van der Waals surface area contributed by atoms with Crippen molar-refractivity contribution < 1.29 is 9.47 Å². The number of aliphatic imine (C=N–C) groups is 1. The summed E-state index contributed by atoms with van der Waals surface area (Å²) in [5, 5.41) is 0. The molecule has 2 atom stereocenters. The van der Waals surface area contributed by atoms with Crippen LogP contribution < -0.4 is 11.5 Å². The molecule has 3 fully saturated rings. The first-order valence-electron chi connectivity index (χ1n) is 16.3. The molecule has 2 unspecified atom stereocenters. The lowest BCUT2D eigenvalue weighted by molar-refractivity contribution is 0.0363. The van der Waals surface area contributed by atoms with Gasteiger partial charge in [0.2, 0.25) is 0 Å². The number of hydrogen-bond donors (Lipinski definition) is 2. The molecule has 2 saturated heterocycles. The molecule has 0 radical (unpaired) electrons. The second kappa shape index (κ2) is 18.9. The number of nitrogens with two attached hydrogens (primary N) is 2. The molecule has 0 bridgehead atoms. The zero-order chi connectivity index (χ0) is 31.1. The molecule has 3 rings (SSSR count). The molecule has 0 amide bonds. The summed E-state index contributed by atoms with van der Waals surface area (Å²) in [5.74, 6) is 4.24. The SMILES string of the molecule is C=NC1(C(C)C)CCOCC1.CC(C)C1(N)CCOCC1.CC(C)CN(C)C.CC1CC(C)CC(N)(C(C)C)C1. The molecule has 0 aromatic carbocycles. The van der Waals surface area contributed by atoms with Crippen LogP contribution in [0.3, 0.4) is 0 Å². The molecule has 4 N–H and O–H groups in total. The normalized spacial score (nSPS) is 27.8. The Kier molecular flexibility index (Phi) is 18.6. The molecule has 0 aromatic heterocycles. The van der Waals surface area contributed by atoms with Crippen molar-refractivity contribution in [3.63, 3.8) is 0 Å². The monoisotopic (exact) mass is 569 g/mol. The number of rotatable bonds is 6. The van der Waals surface area contributed by atoms with E-state index in [1.165, 1.54) is 25.8 Å². The van der Waals surface area contributed by atoms with Gasteiger partial charge in [0.1, 0.15) is 0 Å². The maximum atomic E-state index is 6.38. The summed E-state index contributed by atoms with van der Waals surface area (Å²) in [4.78, 5) is 6.45. The van der Waals surface area contributed by atoms with Gasteiger partial charge in [-0.1, -0.05) is 69.2 Å². The molecule has 1 aliphatic carbocycles. The molecule has 0 aromatic rings. The van der Waals surface area contributed by atoms with Gasteiger partial charge in [0, 0.05) is 37.5 Å². The Morgan fingerprint density at radius 2 is 1.12 bits per heavy atom. The first kappa shape index (κ1) is 39.5. The lowest BCUT2D eigenvalue weighted by atomic mass is 9.67. The highest BCUT2D eigenvalue weighted by Gasteiger charge is 2.37. The zero-order valence-corrected chi connectivity index (χ0v) is 29.0. The average molecular weight is 569 g/mol. The molecule has 2 heterocycles. The van der Waals surface area contributed by atoms with E-state index in [9.17, 15) is 0 Å². The van der Waals surface area contributed by atoms with Crippen molar-refractivity contribution in [3.05, 3.63) is 0 Å². The van der Waals surface area contributed by atoms with Crippen molar-refractivity contribution in [2.75, 3.05) is 47.1 Å². The topological polar surface area (TPSA) is 86.1 Å². The second-order valence-electron chi connectivity index (χ2n) is 14.9. The van der Waals surface area contributed by atoms with Gasteiger partial charge in [0.25, 0.3) is 0 Å². The van der Waals surface area contributed by atoms with Crippen molar-refractivity contribution >= 4 is 6.72 Å². The number of nitrogens with zero attached hydrogens (tertiary/aromatic N) is 2. The fraction of sp³-hybridized carbons (Fsp3) is 0.971. The van der Waals surface area contributed by atoms with Gasteiger partial charge < -0.3 is 25.8 Å². The second-order valence-corrected chi connectivity index (χ2v) is 14.9. The fourth-order valence-electron chi connectivity index (χ4n) is 6.41. The van der Waals surface area contributed by atoms with Gasteiger partial charge in [-0.25, -0.2) is 0 Å². The lowest BCUT2D eigenvalue weighted by Crippen LogP contribution is -2.50. The smallest absolute Gasteiger partial charge is 0.0667 e. The van der Waals surface area contributed by atoms with E-state index in [2.05, 4.69) is 99.9 Å². The highest BCUT2D eigenvalue weighted by Crippen LogP contribution is 2.38. The van der Waals surface area contributed by atoms with Crippen LogP contribution in [-0.4, -0.2) is 75.3 Å². The van der Waals surface area contributed by atoms with Crippen molar-refractivity contribution in [3.8, 4) is 0 Å². The van der Waals surface area contributed by atoms with Gasteiger partial charge in [-0.3, -0.25) is 4.99 Å². The molecule has 6 nitrogen and oxygen atoms in total. The third-order valence-electron chi connectivity index (χ3n) is 9.46. The first-order valence-corrected chi connectivity index (χ1v) is 16.3. The highest BCUT2D eigenvalue weighted by atomic mass is 16.5. The van der Waals surface area contributed by atoms with Crippen LogP contribution in [0.15, 0.2) is 4.99 Å². The van der Waals surface area contributed by atoms with Crippen LogP contribution in [0.4, 0.5) is 0 Å². The Bertz CT molecular complexity index is 634. The van der Waals surface area contributed by atoms with Crippen LogP contribution in [0.25, 0.3) is 0 Å². The minimum Gasteiger partial charge on any atom is -0.381 e. The van der Waals surface area contributed by atoms with E-state index in [0.29, 0.717) is 17.8 Å². The summed E-state index contributed by atoms with van der Waals surface area (Å²) in [6, 6.07) is 0. The van der Waals surface area contributed by atoms with E-state index in [-0.39, 0.29) is 16.6 Å². The summed E-state index contributed by atoms with van der Waals surface area (Å²) in [6.45, 7) is 30.6. The Morgan fingerprint density at radius 3 is 1.35 bits per heavy atom. The molecule has 240 valence electrons. The van der Waals surface area contributed by atoms with E-state index in [1.807, 2.05) is 0 Å². The van der Waals surface area contributed by atoms with Crippen LogP contribution in [0.5, 0.6) is 0 Å². The van der Waals surface area contributed by atoms with Crippen LogP contribution in [0.1, 0.15) is 114 Å². The predicted octanol–water partition coefficient (Wildman–Crippen LogP) is 7.04. The Balaban J connectivity index is 0.000000516. The van der Waals surface area contributed by atoms with Crippen molar-refractivity contribution in [1.82, 2.24) is 4.90 Å². The third kappa shape index (κ3) is 14.6. The largest absolute Gasteiger partial charge is 0.381 e. The molecular formula is C34H72N4O2. The molecule has 6 heteroatoms. The summed E-state index contributed by atoms with van der Waals surface area (Å²) in [7, 11) is 4.19. The van der Waals surface area contributed by atoms with Crippen LogP contribution in [-0.2, 0) is 9.47 Å². The highest BCUT2D eigenvalue weighted by molar-refractivity contribution is 5.26. The molecular weight excluding hydrogens is 496 g/mol. The quantitative estimate of drug-likeness (QED) is 0.336. The first-order chi connectivity index (χ1) is 18.4. The predicted molar refractivity (Wildman–Crippen MR) is 176 cm³/mol. The van der Waals surface area contributed by atoms with Crippen LogP contribution in [0.2, 0.25) is 0 Å². The maximum Gasteiger partial charge on any atom is 0.0667 e. The molecule has 1 saturated carbocycles. The molecule has 40 heavy (non-hydrogen) atoms.